The predicted molar refractivity (Wildman–Crippen MR) is 110 cm³/mol. The molecule has 1 aromatic heterocycles. The van der Waals surface area contributed by atoms with Crippen LogP contribution in [0, 0.1) is 5.92 Å². The van der Waals surface area contributed by atoms with Gasteiger partial charge in [0.05, 0.1) is 31.3 Å². The number of amides is 1. The van der Waals surface area contributed by atoms with E-state index in [-0.39, 0.29) is 17.9 Å². The summed E-state index contributed by atoms with van der Waals surface area (Å²) in [5, 5.41) is 3.04. The summed E-state index contributed by atoms with van der Waals surface area (Å²) in [7, 11) is 3.19. The number of aromatic nitrogens is 2. The van der Waals surface area contributed by atoms with E-state index in [0.29, 0.717) is 11.5 Å². The molecule has 0 bridgehead atoms. The molecule has 0 aliphatic rings. The molecule has 0 fully saturated rings. The van der Waals surface area contributed by atoms with Crippen molar-refractivity contribution in [2.24, 2.45) is 5.92 Å². The Labute approximate surface area is 164 Å². The fourth-order valence-corrected chi connectivity index (χ4v) is 2.97. The monoisotopic (exact) mass is 379 g/mol. The van der Waals surface area contributed by atoms with E-state index >= 15 is 0 Å². The molecule has 3 rings (SSSR count). The highest BCUT2D eigenvalue weighted by atomic mass is 16.5. The lowest BCUT2D eigenvalue weighted by atomic mass is 10.0. The van der Waals surface area contributed by atoms with Crippen LogP contribution in [0.4, 0.5) is 0 Å². The molecule has 0 unspecified atom stereocenters. The zero-order chi connectivity index (χ0) is 20.1. The highest BCUT2D eigenvalue weighted by molar-refractivity contribution is 5.92. The first kappa shape index (κ1) is 19.5. The average molecular weight is 379 g/mol. The smallest absolute Gasteiger partial charge is 0.244 e. The van der Waals surface area contributed by atoms with Crippen molar-refractivity contribution in [1.29, 1.82) is 0 Å². The summed E-state index contributed by atoms with van der Waals surface area (Å²) in [5.74, 6) is 2.07. The van der Waals surface area contributed by atoms with Gasteiger partial charge in [0.25, 0.3) is 0 Å². The molecular weight excluding hydrogens is 354 g/mol. The Bertz CT molecular complexity index is 936. The number of hydrogen-bond donors (Lipinski definition) is 2. The number of imidazole rings is 1. The minimum absolute atomic E-state index is 0.176. The van der Waals surface area contributed by atoms with Gasteiger partial charge in [-0.15, -0.1) is 0 Å². The topological polar surface area (TPSA) is 76.2 Å². The van der Waals surface area contributed by atoms with Gasteiger partial charge in [-0.3, -0.25) is 4.79 Å². The van der Waals surface area contributed by atoms with Gasteiger partial charge in [-0.05, 0) is 41.8 Å². The van der Waals surface area contributed by atoms with Crippen molar-refractivity contribution in [1.82, 2.24) is 15.3 Å². The summed E-state index contributed by atoms with van der Waals surface area (Å²) in [4.78, 5) is 20.5. The Morgan fingerprint density at radius 2 is 1.79 bits per heavy atom. The zero-order valence-corrected chi connectivity index (χ0v) is 16.5. The summed E-state index contributed by atoms with van der Waals surface area (Å²) < 4.78 is 10.5. The first-order valence-corrected chi connectivity index (χ1v) is 9.16. The van der Waals surface area contributed by atoms with Crippen molar-refractivity contribution in [3.63, 3.8) is 0 Å². The maximum atomic E-state index is 12.5. The van der Waals surface area contributed by atoms with Crippen molar-refractivity contribution >= 4 is 23.0 Å². The third-order valence-corrected chi connectivity index (χ3v) is 4.47. The quantitative estimate of drug-likeness (QED) is 0.606. The second-order valence-electron chi connectivity index (χ2n) is 6.85. The number of H-pyrrole nitrogens is 1. The Balaban J connectivity index is 1.77. The number of ether oxygens (including phenoxy) is 2. The van der Waals surface area contributed by atoms with Gasteiger partial charge in [-0.1, -0.05) is 26.0 Å². The second kappa shape index (κ2) is 8.61. The number of benzene rings is 2. The van der Waals surface area contributed by atoms with Gasteiger partial charge < -0.3 is 19.8 Å². The van der Waals surface area contributed by atoms with Crippen LogP contribution in [0.15, 0.2) is 48.5 Å². The van der Waals surface area contributed by atoms with E-state index in [9.17, 15) is 4.79 Å². The molecule has 0 radical (unpaired) electrons. The molecule has 0 spiro atoms. The van der Waals surface area contributed by atoms with Crippen LogP contribution < -0.4 is 14.8 Å². The molecule has 3 aromatic rings. The second-order valence-corrected chi connectivity index (χ2v) is 6.85. The molecule has 0 aliphatic heterocycles. The number of para-hydroxylation sites is 2. The maximum absolute atomic E-state index is 12.5. The summed E-state index contributed by atoms with van der Waals surface area (Å²) in [6, 6.07) is 13.1. The number of rotatable bonds is 7. The van der Waals surface area contributed by atoms with Crippen LogP contribution in [0.3, 0.4) is 0 Å². The minimum Gasteiger partial charge on any atom is -0.497 e. The van der Waals surface area contributed by atoms with Crippen LogP contribution in [-0.2, 0) is 4.79 Å². The van der Waals surface area contributed by atoms with Gasteiger partial charge in [0.1, 0.15) is 17.3 Å². The number of nitrogens with zero attached hydrogens (tertiary/aromatic N) is 1. The Morgan fingerprint density at radius 3 is 2.39 bits per heavy atom. The number of fused-ring (bicyclic) bond motifs is 1. The van der Waals surface area contributed by atoms with E-state index in [1.54, 1.807) is 26.4 Å². The van der Waals surface area contributed by atoms with Gasteiger partial charge in [0.2, 0.25) is 5.91 Å². The number of carbonyl (C=O) groups excluding carboxylic acids is 1. The third kappa shape index (κ3) is 4.52. The standard InChI is InChI=1S/C22H25N3O3/c1-14(2)21(22-23-18-7-5-6-8-19(18)24-22)25-20(26)10-9-15-11-16(27-3)13-17(12-15)28-4/h5-14,21H,1-4H3,(H,23,24)(H,25,26)/b10-9+/t21-/m0/s1. The molecule has 1 atom stereocenters. The molecule has 0 saturated heterocycles. The number of carbonyl (C=O) groups is 1. The van der Waals surface area contributed by atoms with E-state index in [1.807, 2.05) is 36.4 Å². The number of aromatic amines is 1. The van der Waals surface area contributed by atoms with Crippen molar-refractivity contribution in [3.05, 3.63) is 59.9 Å². The van der Waals surface area contributed by atoms with Crippen molar-refractivity contribution in [3.8, 4) is 11.5 Å². The Hall–Kier alpha value is -3.28. The van der Waals surface area contributed by atoms with Gasteiger partial charge in [0, 0.05) is 12.1 Å². The molecule has 0 aliphatic carbocycles. The molecule has 6 heteroatoms. The molecule has 28 heavy (non-hydrogen) atoms. The lowest BCUT2D eigenvalue weighted by Gasteiger charge is -2.19. The molecule has 1 heterocycles. The van der Waals surface area contributed by atoms with Gasteiger partial charge >= 0.3 is 0 Å². The number of methoxy groups -OCH3 is 2. The molecule has 146 valence electrons. The van der Waals surface area contributed by atoms with Gasteiger partial charge in [0.15, 0.2) is 0 Å². The maximum Gasteiger partial charge on any atom is 0.244 e. The number of nitrogens with one attached hydrogen (secondary N) is 2. The van der Waals surface area contributed by atoms with Crippen molar-refractivity contribution in [2.75, 3.05) is 14.2 Å². The van der Waals surface area contributed by atoms with Crippen LogP contribution in [-0.4, -0.2) is 30.1 Å². The molecule has 0 saturated carbocycles. The SMILES string of the molecule is COc1cc(/C=C/C(=O)N[C@H](c2nc3ccccc3[nH]2)C(C)C)cc(OC)c1. The van der Waals surface area contributed by atoms with Crippen LogP contribution in [0.5, 0.6) is 11.5 Å². The van der Waals surface area contributed by atoms with Crippen LogP contribution in [0.2, 0.25) is 0 Å². The van der Waals surface area contributed by atoms with E-state index in [0.717, 1.165) is 22.4 Å². The fraction of sp³-hybridized carbons (Fsp3) is 0.273. The van der Waals surface area contributed by atoms with E-state index < -0.39 is 0 Å². The van der Waals surface area contributed by atoms with Gasteiger partial charge in [-0.25, -0.2) is 4.98 Å². The van der Waals surface area contributed by atoms with Crippen LogP contribution in [0.25, 0.3) is 17.1 Å². The first-order valence-electron chi connectivity index (χ1n) is 9.16. The summed E-state index contributed by atoms with van der Waals surface area (Å²) in [6.45, 7) is 4.10. The summed E-state index contributed by atoms with van der Waals surface area (Å²) in [5.41, 5.74) is 2.66. The first-order chi connectivity index (χ1) is 13.5. The predicted octanol–water partition coefficient (Wildman–Crippen LogP) is 4.11. The molecule has 6 nitrogen and oxygen atoms in total. The lowest BCUT2D eigenvalue weighted by molar-refractivity contribution is -0.117. The molecular formula is C22H25N3O3. The largest absolute Gasteiger partial charge is 0.497 e. The van der Waals surface area contributed by atoms with E-state index in [2.05, 4.69) is 29.1 Å². The van der Waals surface area contributed by atoms with Crippen LogP contribution in [0.1, 0.15) is 31.3 Å². The summed E-state index contributed by atoms with van der Waals surface area (Å²) >= 11 is 0. The zero-order valence-electron chi connectivity index (χ0n) is 16.5. The lowest BCUT2D eigenvalue weighted by Crippen LogP contribution is -2.31. The molecule has 1 amide bonds. The third-order valence-electron chi connectivity index (χ3n) is 4.47. The summed E-state index contributed by atoms with van der Waals surface area (Å²) in [6.07, 6.45) is 3.24. The minimum atomic E-state index is -0.218. The Morgan fingerprint density at radius 1 is 1.11 bits per heavy atom. The van der Waals surface area contributed by atoms with Crippen molar-refractivity contribution in [2.45, 2.75) is 19.9 Å². The molecule has 2 N–H and O–H groups in total. The van der Waals surface area contributed by atoms with Crippen LogP contribution >= 0.6 is 0 Å². The highest BCUT2D eigenvalue weighted by Gasteiger charge is 2.20. The van der Waals surface area contributed by atoms with Gasteiger partial charge in [-0.2, -0.15) is 0 Å². The van der Waals surface area contributed by atoms with E-state index in [1.165, 1.54) is 6.08 Å². The average Bonchev–Trinajstić information content (AvgIpc) is 3.13. The van der Waals surface area contributed by atoms with E-state index in [4.69, 9.17) is 9.47 Å². The highest BCUT2D eigenvalue weighted by Crippen LogP contribution is 2.24. The Kier molecular flexibility index (Phi) is 5.99. The number of hydrogen-bond acceptors (Lipinski definition) is 4. The normalized spacial score (nSPS) is 12.5. The van der Waals surface area contributed by atoms with Crippen molar-refractivity contribution < 1.29 is 14.3 Å². The fourth-order valence-electron chi connectivity index (χ4n) is 2.97. The molecule has 2 aromatic carbocycles.